The first-order chi connectivity index (χ1) is 9.81. The van der Waals surface area contributed by atoms with Gasteiger partial charge in [-0.15, -0.1) is 0 Å². The molecule has 0 amide bonds. The Morgan fingerprint density at radius 1 is 1.00 bits per heavy atom. The molecule has 102 valence electrons. The summed E-state index contributed by atoms with van der Waals surface area (Å²) in [5.41, 5.74) is 1.20. The average Bonchev–Trinajstić information content (AvgIpc) is 3.10. The minimum absolute atomic E-state index is 0.354. The van der Waals surface area contributed by atoms with E-state index in [2.05, 4.69) is 42.5 Å². The molecule has 0 radical (unpaired) electrons. The highest BCUT2D eigenvalue weighted by Gasteiger charge is 2.42. The summed E-state index contributed by atoms with van der Waals surface area (Å²) in [7, 11) is 0. The monoisotopic (exact) mass is 264 g/mol. The van der Waals surface area contributed by atoms with Crippen LogP contribution >= 0.6 is 0 Å². The lowest BCUT2D eigenvalue weighted by Gasteiger charge is -2.20. The predicted octanol–water partition coefficient (Wildman–Crippen LogP) is 4.39. The second kappa shape index (κ2) is 4.73. The molecule has 2 bridgehead atoms. The fraction of sp³-hybridized carbons (Fsp3) is 0.421. The normalized spacial score (nSPS) is 28.1. The van der Waals surface area contributed by atoms with Crippen LogP contribution in [0.5, 0.6) is 0 Å². The van der Waals surface area contributed by atoms with Gasteiger partial charge in [0.15, 0.2) is 0 Å². The van der Waals surface area contributed by atoms with E-state index in [0.29, 0.717) is 24.0 Å². The van der Waals surface area contributed by atoms with Gasteiger partial charge < -0.3 is 0 Å². The fourth-order valence-electron chi connectivity index (χ4n) is 4.40. The Labute approximate surface area is 120 Å². The maximum Gasteiger partial charge on any atom is 0.140 e. The summed E-state index contributed by atoms with van der Waals surface area (Å²) in [4.78, 5) is 12.6. The Morgan fingerprint density at radius 3 is 2.65 bits per heavy atom. The predicted molar refractivity (Wildman–Crippen MR) is 81.6 cm³/mol. The Bertz CT molecular complexity index is 652. The Morgan fingerprint density at radius 2 is 1.85 bits per heavy atom. The maximum absolute atomic E-state index is 12.6. The standard InChI is InChI=1S/C19H20O/c20-19(18-11-13-8-9-16(18)10-13)12-15-6-3-5-14-4-1-2-7-17(14)15/h1-7,13,16,18H,8-12H2. The average molecular weight is 264 g/mol. The second-order valence-electron chi connectivity index (χ2n) is 6.56. The molecule has 2 aromatic rings. The molecular weight excluding hydrogens is 244 g/mol. The summed E-state index contributed by atoms with van der Waals surface area (Å²) in [5.74, 6) is 2.38. The molecule has 2 saturated carbocycles. The summed E-state index contributed by atoms with van der Waals surface area (Å²) >= 11 is 0. The number of rotatable bonds is 3. The van der Waals surface area contributed by atoms with Crippen molar-refractivity contribution in [3.63, 3.8) is 0 Å². The van der Waals surface area contributed by atoms with Crippen LogP contribution in [-0.4, -0.2) is 5.78 Å². The first-order valence-corrected chi connectivity index (χ1v) is 7.80. The van der Waals surface area contributed by atoms with E-state index in [1.165, 1.54) is 35.6 Å². The topological polar surface area (TPSA) is 17.1 Å². The van der Waals surface area contributed by atoms with Crippen LogP contribution < -0.4 is 0 Å². The van der Waals surface area contributed by atoms with E-state index in [1.807, 2.05) is 0 Å². The number of carbonyl (C=O) groups excluding carboxylic acids is 1. The highest BCUT2D eigenvalue weighted by molar-refractivity contribution is 5.91. The summed E-state index contributed by atoms with van der Waals surface area (Å²) in [6.07, 6.45) is 5.74. The summed E-state index contributed by atoms with van der Waals surface area (Å²) in [6.45, 7) is 0. The molecule has 0 saturated heterocycles. The molecule has 1 heteroatoms. The third-order valence-corrected chi connectivity index (χ3v) is 5.40. The van der Waals surface area contributed by atoms with Crippen molar-refractivity contribution >= 4 is 16.6 Å². The molecule has 0 aromatic heterocycles. The Kier molecular flexibility index (Phi) is 2.87. The van der Waals surface area contributed by atoms with Crippen molar-refractivity contribution in [1.82, 2.24) is 0 Å². The summed E-state index contributed by atoms with van der Waals surface area (Å²) in [6, 6.07) is 14.7. The van der Waals surface area contributed by atoms with Crippen molar-refractivity contribution in [3.05, 3.63) is 48.0 Å². The van der Waals surface area contributed by atoms with Crippen molar-refractivity contribution in [1.29, 1.82) is 0 Å². The van der Waals surface area contributed by atoms with Crippen LogP contribution in [0.1, 0.15) is 31.2 Å². The van der Waals surface area contributed by atoms with E-state index in [1.54, 1.807) is 0 Å². The van der Waals surface area contributed by atoms with Gasteiger partial charge in [-0.2, -0.15) is 0 Å². The third kappa shape index (κ3) is 1.96. The lowest BCUT2D eigenvalue weighted by Crippen LogP contribution is -2.22. The van der Waals surface area contributed by atoms with Gasteiger partial charge in [0.25, 0.3) is 0 Å². The molecule has 3 atom stereocenters. The number of hydrogen-bond donors (Lipinski definition) is 0. The molecule has 3 unspecified atom stereocenters. The van der Waals surface area contributed by atoms with Crippen LogP contribution in [0.3, 0.4) is 0 Å². The van der Waals surface area contributed by atoms with Gasteiger partial charge in [-0.3, -0.25) is 4.79 Å². The number of hydrogen-bond acceptors (Lipinski definition) is 1. The first kappa shape index (κ1) is 12.1. The van der Waals surface area contributed by atoms with E-state index in [0.717, 1.165) is 12.3 Å². The highest BCUT2D eigenvalue weighted by atomic mass is 16.1. The second-order valence-corrected chi connectivity index (χ2v) is 6.56. The van der Waals surface area contributed by atoms with Crippen LogP contribution in [0.4, 0.5) is 0 Å². The van der Waals surface area contributed by atoms with Crippen molar-refractivity contribution in [3.8, 4) is 0 Å². The molecule has 0 spiro atoms. The van der Waals surface area contributed by atoms with E-state index in [4.69, 9.17) is 0 Å². The number of benzene rings is 2. The molecule has 0 N–H and O–H groups in total. The molecule has 2 aliphatic rings. The van der Waals surface area contributed by atoms with Gasteiger partial charge in [0.05, 0.1) is 0 Å². The van der Waals surface area contributed by atoms with Gasteiger partial charge in [-0.05, 0) is 47.4 Å². The van der Waals surface area contributed by atoms with Crippen LogP contribution in [0, 0.1) is 17.8 Å². The molecular formula is C19H20O. The quantitative estimate of drug-likeness (QED) is 0.803. The molecule has 2 aliphatic carbocycles. The number of carbonyl (C=O) groups is 1. The Hall–Kier alpha value is -1.63. The molecule has 2 fully saturated rings. The van der Waals surface area contributed by atoms with Gasteiger partial charge in [0.2, 0.25) is 0 Å². The van der Waals surface area contributed by atoms with Crippen LogP contribution in [0.15, 0.2) is 42.5 Å². The van der Waals surface area contributed by atoms with E-state index < -0.39 is 0 Å². The van der Waals surface area contributed by atoms with E-state index in [-0.39, 0.29) is 0 Å². The van der Waals surface area contributed by atoms with Crippen LogP contribution in [0.25, 0.3) is 10.8 Å². The fourth-order valence-corrected chi connectivity index (χ4v) is 4.40. The maximum atomic E-state index is 12.6. The van der Waals surface area contributed by atoms with Crippen molar-refractivity contribution in [2.75, 3.05) is 0 Å². The Balaban J connectivity index is 1.60. The van der Waals surface area contributed by atoms with Gasteiger partial charge in [-0.1, -0.05) is 48.9 Å². The molecule has 0 heterocycles. The van der Waals surface area contributed by atoms with Gasteiger partial charge in [0.1, 0.15) is 5.78 Å². The third-order valence-electron chi connectivity index (χ3n) is 5.40. The van der Waals surface area contributed by atoms with Gasteiger partial charge in [-0.25, -0.2) is 0 Å². The minimum atomic E-state index is 0.354. The molecule has 20 heavy (non-hydrogen) atoms. The van der Waals surface area contributed by atoms with Crippen LogP contribution in [0.2, 0.25) is 0 Å². The molecule has 2 aromatic carbocycles. The van der Waals surface area contributed by atoms with Gasteiger partial charge in [0, 0.05) is 12.3 Å². The first-order valence-electron chi connectivity index (χ1n) is 7.80. The number of ketones is 1. The van der Waals surface area contributed by atoms with Crippen molar-refractivity contribution < 1.29 is 4.79 Å². The largest absolute Gasteiger partial charge is 0.299 e. The molecule has 4 rings (SSSR count). The number of Topliss-reactive ketones (excluding diaryl/α,β-unsaturated/α-hetero) is 1. The van der Waals surface area contributed by atoms with Crippen LogP contribution in [-0.2, 0) is 11.2 Å². The summed E-state index contributed by atoms with van der Waals surface area (Å²) in [5, 5.41) is 2.48. The highest BCUT2D eigenvalue weighted by Crippen LogP contribution is 2.48. The van der Waals surface area contributed by atoms with E-state index in [9.17, 15) is 4.79 Å². The zero-order valence-electron chi connectivity index (χ0n) is 11.7. The zero-order chi connectivity index (χ0) is 13.5. The lowest BCUT2D eigenvalue weighted by molar-refractivity contribution is -0.123. The molecule has 0 aliphatic heterocycles. The number of fused-ring (bicyclic) bond motifs is 3. The summed E-state index contributed by atoms with van der Waals surface area (Å²) < 4.78 is 0. The lowest BCUT2D eigenvalue weighted by atomic mass is 9.83. The SMILES string of the molecule is O=C(Cc1cccc2ccccc12)C1CC2CCC1C2. The van der Waals surface area contributed by atoms with E-state index >= 15 is 0 Å². The zero-order valence-corrected chi connectivity index (χ0v) is 11.7. The van der Waals surface area contributed by atoms with Crippen molar-refractivity contribution in [2.45, 2.75) is 32.1 Å². The van der Waals surface area contributed by atoms with Gasteiger partial charge >= 0.3 is 0 Å². The smallest absolute Gasteiger partial charge is 0.140 e. The molecule has 1 nitrogen and oxygen atoms in total. The minimum Gasteiger partial charge on any atom is -0.299 e. The van der Waals surface area contributed by atoms with Crippen molar-refractivity contribution in [2.24, 2.45) is 17.8 Å².